The molecule has 4 rings (SSSR count). The maximum Gasteiger partial charge on any atom is 0.257 e. The number of allylic oxidation sites excluding steroid dienone is 2. The Hall–Kier alpha value is -3.77. The first-order valence-electron chi connectivity index (χ1n) is 13.6. The summed E-state index contributed by atoms with van der Waals surface area (Å²) in [6.45, 7) is 8.08. The van der Waals surface area contributed by atoms with E-state index in [0.29, 0.717) is 40.7 Å². The van der Waals surface area contributed by atoms with Crippen LogP contribution in [-0.2, 0) is 21.8 Å². The number of rotatable bonds is 9. The van der Waals surface area contributed by atoms with Crippen LogP contribution in [-0.4, -0.2) is 32.7 Å². The number of aromatic amines is 1. The molecule has 1 heterocycles. The van der Waals surface area contributed by atoms with Gasteiger partial charge in [0, 0.05) is 11.8 Å². The van der Waals surface area contributed by atoms with Crippen molar-refractivity contribution in [1.82, 2.24) is 15.0 Å². The van der Waals surface area contributed by atoms with E-state index in [1.165, 1.54) is 25.0 Å². The van der Waals surface area contributed by atoms with Crippen LogP contribution in [0.25, 0.3) is 5.70 Å². The molecule has 7 N–H and O–H groups in total. The van der Waals surface area contributed by atoms with Gasteiger partial charge in [-0.15, -0.1) is 0 Å². The van der Waals surface area contributed by atoms with Gasteiger partial charge in [0.15, 0.2) is 11.5 Å². The van der Waals surface area contributed by atoms with E-state index in [1.54, 1.807) is 18.3 Å². The number of methoxy groups -OCH3 is 1. The van der Waals surface area contributed by atoms with E-state index < -0.39 is 15.9 Å². The Balaban J connectivity index is 1.61. The van der Waals surface area contributed by atoms with Gasteiger partial charge in [-0.25, -0.2) is 23.8 Å². The van der Waals surface area contributed by atoms with Crippen molar-refractivity contribution in [2.24, 2.45) is 30.0 Å². The first-order chi connectivity index (χ1) is 19.1. The molecular weight excluding hydrogens is 542 g/mol. The van der Waals surface area contributed by atoms with E-state index in [2.05, 4.69) is 35.8 Å². The lowest BCUT2D eigenvalue weighted by atomic mass is 9.75. The summed E-state index contributed by atoms with van der Waals surface area (Å²) in [4.78, 5) is 16.8. The quantitative estimate of drug-likeness (QED) is 0.172. The topological polar surface area (TPSA) is 159 Å². The number of hydrogen-bond acceptors (Lipinski definition) is 7. The van der Waals surface area contributed by atoms with Crippen molar-refractivity contribution in [3.63, 3.8) is 0 Å². The zero-order valence-electron chi connectivity index (χ0n) is 24.8. The van der Waals surface area contributed by atoms with Gasteiger partial charge in [0.05, 0.1) is 43.4 Å². The summed E-state index contributed by atoms with van der Waals surface area (Å²) >= 11 is 0. The minimum Gasteiger partial charge on any atom is -0.493 e. The molecule has 0 aliphatic heterocycles. The largest absolute Gasteiger partial charge is 0.493 e. The van der Waals surface area contributed by atoms with Crippen LogP contribution in [0.15, 0.2) is 53.8 Å². The predicted molar refractivity (Wildman–Crippen MR) is 159 cm³/mol. The van der Waals surface area contributed by atoms with E-state index in [4.69, 9.17) is 16.3 Å². The summed E-state index contributed by atoms with van der Waals surface area (Å²) in [6, 6.07) is 5.21. The molecule has 1 fully saturated rings. The third-order valence-electron chi connectivity index (χ3n) is 7.55. The Morgan fingerprint density at radius 1 is 1.27 bits per heavy atom. The minimum absolute atomic E-state index is 0.0580. The molecule has 1 amide bonds. The molecule has 0 radical (unpaired) electrons. The van der Waals surface area contributed by atoms with Crippen LogP contribution in [0.1, 0.15) is 73.4 Å². The number of amides is 1. The number of benzene rings is 1. The van der Waals surface area contributed by atoms with Crippen molar-refractivity contribution in [3.05, 3.63) is 76.5 Å². The van der Waals surface area contributed by atoms with Crippen molar-refractivity contribution in [1.29, 1.82) is 0 Å². The molecule has 2 aliphatic carbocycles. The Labute approximate surface area is 242 Å². The number of aromatic nitrogens is 2. The summed E-state index contributed by atoms with van der Waals surface area (Å²) in [7, 11) is -0.139. The smallest absolute Gasteiger partial charge is 0.257 e. The average Bonchev–Trinajstić information content (AvgIpc) is 3.63. The average molecular weight is 585 g/mol. The number of sulfonamides is 1. The monoisotopic (exact) mass is 584 g/mol. The van der Waals surface area contributed by atoms with Crippen molar-refractivity contribution in [2.75, 3.05) is 18.4 Å². The number of hydrogen-bond donors (Lipinski definition) is 5. The van der Waals surface area contributed by atoms with Crippen molar-refractivity contribution in [2.45, 2.75) is 52.9 Å². The normalized spacial score (nSPS) is 18.2. The molecule has 1 aromatic carbocycles. The fourth-order valence-electron chi connectivity index (χ4n) is 5.01. The lowest BCUT2D eigenvalue weighted by molar-refractivity contribution is -0.680. The number of aryl methyl sites for hydroxylation is 1. The molecule has 12 heteroatoms. The van der Waals surface area contributed by atoms with Gasteiger partial charge in [-0.2, -0.15) is 0 Å². The Bertz CT molecular complexity index is 1540. The molecule has 0 saturated heterocycles. The van der Waals surface area contributed by atoms with Gasteiger partial charge in [-0.1, -0.05) is 32.9 Å². The summed E-state index contributed by atoms with van der Waals surface area (Å²) in [5.74, 6) is 7.93. The lowest BCUT2D eigenvalue weighted by Gasteiger charge is -2.34. The third-order valence-corrected chi connectivity index (χ3v) is 8.17. The van der Waals surface area contributed by atoms with Crippen LogP contribution in [0.4, 0.5) is 5.69 Å². The lowest BCUT2D eigenvalue weighted by Crippen LogP contribution is -2.37. The van der Waals surface area contributed by atoms with E-state index in [0.717, 1.165) is 23.3 Å². The number of H-pyrrole nitrogens is 1. The molecule has 2 aromatic rings. The second-order valence-corrected chi connectivity index (χ2v) is 13.7. The molecule has 1 saturated carbocycles. The van der Waals surface area contributed by atoms with E-state index in [9.17, 15) is 13.2 Å². The molecule has 0 bridgehead atoms. The number of nitrogens with zero attached hydrogens (tertiary/aromatic N) is 2. The van der Waals surface area contributed by atoms with Crippen LogP contribution >= 0.6 is 0 Å². The number of carbonyl (C=O) groups excluding carboxylic acids is 1. The number of anilines is 1. The molecular formula is C29H42N7O4S+. The van der Waals surface area contributed by atoms with Gasteiger partial charge < -0.3 is 15.8 Å². The second-order valence-electron chi connectivity index (χ2n) is 12.0. The molecule has 222 valence electrons. The van der Waals surface area contributed by atoms with E-state index in [1.807, 2.05) is 36.9 Å². The fourth-order valence-corrected chi connectivity index (χ4v) is 5.63. The second kappa shape index (κ2) is 11.2. The van der Waals surface area contributed by atoms with E-state index >= 15 is 0 Å². The highest BCUT2D eigenvalue weighted by molar-refractivity contribution is 7.88. The van der Waals surface area contributed by atoms with E-state index in [-0.39, 0.29) is 17.1 Å². The van der Waals surface area contributed by atoms with Gasteiger partial charge in [-0.05, 0) is 55.2 Å². The first-order valence-corrected chi connectivity index (χ1v) is 15.5. The summed E-state index contributed by atoms with van der Waals surface area (Å²) in [5, 5.41) is 4.34. The highest BCUT2D eigenvalue weighted by atomic mass is 32.2. The van der Waals surface area contributed by atoms with Crippen LogP contribution in [0, 0.1) is 18.3 Å². The van der Waals surface area contributed by atoms with Gasteiger partial charge in [0.1, 0.15) is 11.9 Å². The van der Waals surface area contributed by atoms with Gasteiger partial charge in [0.25, 0.3) is 11.7 Å². The number of carbonyl (C=O) groups is 1. The zero-order valence-corrected chi connectivity index (χ0v) is 25.6. The van der Waals surface area contributed by atoms with Crippen molar-refractivity contribution >= 4 is 27.3 Å². The van der Waals surface area contributed by atoms with Crippen molar-refractivity contribution < 1.29 is 22.5 Å². The molecule has 1 unspecified atom stereocenters. The highest BCUT2D eigenvalue weighted by Gasteiger charge is 2.34. The predicted octanol–water partition coefficient (Wildman–Crippen LogP) is 2.75. The van der Waals surface area contributed by atoms with Gasteiger partial charge in [0.2, 0.25) is 10.0 Å². The number of hydrazine groups is 1. The number of imidazole rings is 1. The summed E-state index contributed by atoms with van der Waals surface area (Å²) < 4.78 is 34.3. The number of nitrogens with two attached hydrogens (primary N) is 2. The third kappa shape index (κ3) is 6.94. The maximum absolute atomic E-state index is 13.5. The van der Waals surface area contributed by atoms with Crippen LogP contribution in [0.5, 0.6) is 0 Å². The molecule has 1 atom stereocenters. The molecule has 0 spiro atoms. The Morgan fingerprint density at radius 3 is 2.54 bits per heavy atom. The van der Waals surface area contributed by atoms with Gasteiger partial charge >= 0.3 is 0 Å². The fraction of sp³-hybridized carbons (Fsp3) is 0.448. The maximum atomic E-state index is 13.5. The van der Waals surface area contributed by atoms with Crippen LogP contribution < -0.4 is 31.2 Å². The van der Waals surface area contributed by atoms with Crippen LogP contribution in [0.2, 0.25) is 0 Å². The minimum atomic E-state index is -3.56. The first kappa shape index (κ1) is 30.2. The molecule has 11 nitrogen and oxygen atoms in total. The number of nitrogens with one attached hydrogen (secondary N) is 3. The Kier molecular flexibility index (Phi) is 8.28. The molecule has 1 aromatic heterocycles. The molecule has 2 aliphatic rings. The Morgan fingerprint density at radius 2 is 1.95 bits per heavy atom. The van der Waals surface area contributed by atoms with Gasteiger partial charge in [-0.3, -0.25) is 14.5 Å². The SMILES string of the molecule is COC1=C(NS(C)(=O)=O)CC(C(C)(C)C)C=C1NC(=O)c1ccc(C)c(N(N)/C=C(\N)c2c[nH]c(C3CC3)[n+]2C)c1. The summed E-state index contributed by atoms with van der Waals surface area (Å²) in [5.41, 5.74) is 10.1. The zero-order chi connectivity index (χ0) is 30.3. The molecule has 41 heavy (non-hydrogen) atoms. The standard InChI is InChI=1S/C29H41N7O4S/c1-17-8-9-19(12-24(17)36(31)16-21(30)25-15-32-27(35(25)5)18-10-11-18)28(37)33-22-13-20(29(2,3)4)14-23(26(22)40-6)34-41(7,38)39/h8-9,12-13,15-16,18,20,34H,10-11,14,30-31H2,1-7H3,(H,33,37)/p+1/b21-16-. The van der Waals surface area contributed by atoms with Crippen LogP contribution in [0.3, 0.4) is 0 Å². The number of ether oxygens (including phenoxy) is 1. The highest BCUT2D eigenvalue weighted by Crippen LogP contribution is 2.39. The summed E-state index contributed by atoms with van der Waals surface area (Å²) in [6.07, 6.45) is 9.27. The van der Waals surface area contributed by atoms with Crippen molar-refractivity contribution in [3.8, 4) is 0 Å².